The molecule has 116 valence electrons. The summed E-state index contributed by atoms with van der Waals surface area (Å²) in [6.07, 6.45) is 5.23. The first-order valence-electron chi connectivity index (χ1n) is 7.88. The Labute approximate surface area is 130 Å². The lowest BCUT2D eigenvalue weighted by Crippen LogP contribution is -2.30. The van der Waals surface area contributed by atoms with Crippen LogP contribution in [0.15, 0.2) is 28.9 Å². The number of oxazole rings is 1. The molecule has 4 heteroatoms. The van der Waals surface area contributed by atoms with E-state index >= 15 is 0 Å². The molecule has 1 atom stereocenters. The molecule has 0 spiro atoms. The molecular formula is C18H22N2O2. The lowest BCUT2D eigenvalue weighted by atomic mass is 9.76. The van der Waals surface area contributed by atoms with Crippen LogP contribution in [0.1, 0.15) is 37.4 Å². The predicted molar refractivity (Wildman–Crippen MR) is 86.5 cm³/mol. The molecule has 1 fully saturated rings. The lowest BCUT2D eigenvalue weighted by Gasteiger charge is -2.30. The second kappa shape index (κ2) is 5.95. The molecule has 22 heavy (non-hydrogen) atoms. The zero-order valence-electron chi connectivity index (χ0n) is 13.3. The number of amides is 1. The average molecular weight is 298 g/mol. The van der Waals surface area contributed by atoms with E-state index in [2.05, 4.69) is 10.3 Å². The number of nitrogens with zero attached hydrogens (tertiary/aromatic N) is 1. The van der Waals surface area contributed by atoms with E-state index in [0.29, 0.717) is 11.8 Å². The van der Waals surface area contributed by atoms with Crippen LogP contribution in [0.3, 0.4) is 0 Å². The molecular weight excluding hydrogens is 276 g/mol. The van der Waals surface area contributed by atoms with E-state index in [-0.39, 0.29) is 11.8 Å². The maximum atomic E-state index is 12.3. The van der Waals surface area contributed by atoms with Crippen LogP contribution in [-0.2, 0) is 4.79 Å². The fraction of sp³-hybridized carbons (Fsp3) is 0.444. The summed E-state index contributed by atoms with van der Waals surface area (Å²) in [5.41, 5.74) is 3.64. The van der Waals surface area contributed by atoms with Gasteiger partial charge < -0.3 is 9.73 Å². The minimum Gasteiger partial charge on any atom is -0.444 e. The molecule has 0 bridgehead atoms. The Hall–Kier alpha value is -2.10. The van der Waals surface area contributed by atoms with Gasteiger partial charge in [-0.05, 0) is 50.3 Å². The van der Waals surface area contributed by atoms with Gasteiger partial charge in [0.15, 0.2) is 0 Å². The number of rotatable bonds is 4. The van der Waals surface area contributed by atoms with E-state index in [9.17, 15) is 4.79 Å². The quantitative estimate of drug-likeness (QED) is 0.913. The number of hydrogen-bond donors (Lipinski definition) is 1. The third kappa shape index (κ3) is 2.91. The predicted octanol–water partition coefficient (Wildman–Crippen LogP) is 4.33. The third-order valence-corrected chi connectivity index (χ3v) is 4.63. The van der Waals surface area contributed by atoms with Crippen molar-refractivity contribution in [3.8, 4) is 11.5 Å². The first-order valence-corrected chi connectivity index (χ1v) is 7.88. The molecule has 0 radical (unpaired) electrons. The number of hydrogen-bond acceptors (Lipinski definition) is 3. The fourth-order valence-electron chi connectivity index (χ4n) is 2.82. The van der Waals surface area contributed by atoms with Crippen molar-refractivity contribution in [1.29, 1.82) is 0 Å². The normalized spacial score (nSPS) is 16.1. The maximum absolute atomic E-state index is 12.3. The standard InChI is InChI=1S/C18H22N2O2/c1-11-7-8-15(9-16(11)18-19-12(2)10-22-18)20-17(21)13(3)14-5-4-6-14/h7-10,13-14H,4-6H2,1-3H3,(H,20,21)/t13-/m1/s1. The van der Waals surface area contributed by atoms with Crippen molar-refractivity contribution in [2.75, 3.05) is 5.32 Å². The van der Waals surface area contributed by atoms with Gasteiger partial charge in [-0.25, -0.2) is 4.98 Å². The highest BCUT2D eigenvalue weighted by Crippen LogP contribution is 2.34. The number of nitrogens with one attached hydrogen (secondary N) is 1. The monoisotopic (exact) mass is 298 g/mol. The molecule has 1 saturated carbocycles. The van der Waals surface area contributed by atoms with Crippen LogP contribution in [-0.4, -0.2) is 10.9 Å². The number of carbonyl (C=O) groups excluding carboxylic acids is 1. The molecule has 1 amide bonds. The molecule has 0 aliphatic heterocycles. The minimum atomic E-state index is 0.0717. The van der Waals surface area contributed by atoms with Crippen LogP contribution in [0.4, 0.5) is 5.69 Å². The van der Waals surface area contributed by atoms with Gasteiger partial charge in [-0.3, -0.25) is 4.79 Å². The van der Waals surface area contributed by atoms with Crippen LogP contribution < -0.4 is 5.32 Å². The van der Waals surface area contributed by atoms with Crippen LogP contribution >= 0.6 is 0 Å². The molecule has 1 aromatic carbocycles. The second-order valence-electron chi connectivity index (χ2n) is 6.29. The lowest BCUT2D eigenvalue weighted by molar-refractivity contribution is -0.121. The fourth-order valence-corrected chi connectivity index (χ4v) is 2.82. The van der Waals surface area contributed by atoms with E-state index < -0.39 is 0 Å². The van der Waals surface area contributed by atoms with Gasteiger partial charge in [0, 0.05) is 17.2 Å². The molecule has 1 aliphatic carbocycles. The Kier molecular flexibility index (Phi) is 4.01. The molecule has 3 rings (SSSR count). The average Bonchev–Trinajstić information content (AvgIpc) is 2.85. The largest absolute Gasteiger partial charge is 0.444 e. The Morgan fingerprint density at radius 3 is 2.73 bits per heavy atom. The van der Waals surface area contributed by atoms with Crippen molar-refractivity contribution in [3.05, 3.63) is 35.7 Å². The minimum absolute atomic E-state index is 0.0717. The third-order valence-electron chi connectivity index (χ3n) is 4.63. The smallest absolute Gasteiger partial charge is 0.227 e. The summed E-state index contributed by atoms with van der Waals surface area (Å²) in [6, 6.07) is 5.85. The highest BCUT2D eigenvalue weighted by molar-refractivity contribution is 5.93. The van der Waals surface area contributed by atoms with Crippen molar-refractivity contribution in [2.45, 2.75) is 40.0 Å². The van der Waals surface area contributed by atoms with Gasteiger partial charge in [0.1, 0.15) is 6.26 Å². The van der Waals surface area contributed by atoms with Gasteiger partial charge in [0.25, 0.3) is 0 Å². The number of aromatic nitrogens is 1. The molecule has 2 aromatic rings. The zero-order chi connectivity index (χ0) is 15.7. The summed E-state index contributed by atoms with van der Waals surface area (Å²) in [5.74, 6) is 1.31. The van der Waals surface area contributed by atoms with Gasteiger partial charge in [-0.2, -0.15) is 0 Å². The van der Waals surface area contributed by atoms with Crippen molar-refractivity contribution in [2.24, 2.45) is 11.8 Å². The van der Waals surface area contributed by atoms with E-state index in [1.165, 1.54) is 19.3 Å². The summed E-state index contributed by atoms with van der Waals surface area (Å²) in [6.45, 7) is 5.93. The first-order chi connectivity index (χ1) is 10.5. The molecule has 0 unspecified atom stereocenters. The Bertz CT molecular complexity index is 686. The van der Waals surface area contributed by atoms with E-state index in [1.54, 1.807) is 6.26 Å². The van der Waals surface area contributed by atoms with Crippen LogP contribution in [0.25, 0.3) is 11.5 Å². The molecule has 1 aromatic heterocycles. The van der Waals surface area contributed by atoms with E-state index in [4.69, 9.17) is 4.42 Å². The van der Waals surface area contributed by atoms with E-state index in [0.717, 1.165) is 22.5 Å². The molecule has 1 heterocycles. The van der Waals surface area contributed by atoms with Gasteiger partial charge in [-0.1, -0.05) is 19.4 Å². The van der Waals surface area contributed by atoms with Gasteiger partial charge in [0.05, 0.1) is 5.69 Å². The highest BCUT2D eigenvalue weighted by atomic mass is 16.3. The van der Waals surface area contributed by atoms with Gasteiger partial charge >= 0.3 is 0 Å². The number of anilines is 1. The Morgan fingerprint density at radius 1 is 1.36 bits per heavy atom. The SMILES string of the molecule is Cc1coc(-c2cc(NC(=O)[C@H](C)C3CCC3)ccc2C)n1. The summed E-state index contributed by atoms with van der Waals surface area (Å²) in [4.78, 5) is 16.7. The Balaban J connectivity index is 1.78. The molecule has 1 aliphatic rings. The zero-order valence-corrected chi connectivity index (χ0v) is 13.3. The number of benzene rings is 1. The maximum Gasteiger partial charge on any atom is 0.227 e. The summed E-state index contributed by atoms with van der Waals surface area (Å²) in [5, 5.41) is 3.03. The summed E-state index contributed by atoms with van der Waals surface area (Å²) in [7, 11) is 0. The van der Waals surface area contributed by atoms with E-state index in [1.807, 2.05) is 39.0 Å². The first kappa shape index (κ1) is 14.8. The van der Waals surface area contributed by atoms with Crippen molar-refractivity contribution in [3.63, 3.8) is 0 Å². The van der Waals surface area contributed by atoms with Crippen molar-refractivity contribution in [1.82, 2.24) is 4.98 Å². The molecule has 0 saturated heterocycles. The summed E-state index contributed by atoms with van der Waals surface area (Å²) >= 11 is 0. The van der Waals surface area contributed by atoms with Crippen LogP contribution in [0.5, 0.6) is 0 Å². The van der Waals surface area contributed by atoms with Crippen molar-refractivity contribution < 1.29 is 9.21 Å². The topological polar surface area (TPSA) is 55.1 Å². The highest BCUT2D eigenvalue weighted by Gasteiger charge is 2.28. The summed E-state index contributed by atoms with van der Waals surface area (Å²) < 4.78 is 5.48. The van der Waals surface area contributed by atoms with Gasteiger partial charge in [-0.15, -0.1) is 0 Å². The number of carbonyl (C=O) groups is 1. The number of aryl methyl sites for hydroxylation is 2. The second-order valence-corrected chi connectivity index (χ2v) is 6.29. The molecule has 1 N–H and O–H groups in total. The van der Waals surface area contributed by atoms with Crippen LogP contribution in [0.2, 0.25) is 0 Å². The Morgan fingerprint density at radius 2 is 2.14 bits per heavy atom. The van der Waals surface area contributed by atoms with Crippen LogP contribution in [0, 0.1) is 25.7 Å². The molecule has 4 nitrogen and oxygen atoms in total. The van der Waals surface area contributed by atoms with Gasteiger partial charge in [0.2, 0.25) is 11.8 Å². The van der Waals surface area contributed by atoms with Crippen molar-refractivity contribution >= 4 is 11.6 Å².